The molecule has 0 spiro atoms. The minimum atomic E-state index is -0.456. The van der Waals surface area contributed by atoms with Gasteiger partial charge >= 0.3 is 0 Å². The predicted molar refractivity (Wildman–Crippen MR) is 105 cm³/mol. The molecule has 144 valence electrons. The lowest BCUT2D eigenvalue weighted by Gasteiger charge is -2.26. The van der Waals surface area contributed by atoms with E-state index in [9.17, 15) is 10.1 Å². The average Bonchev–Trinajstić information content (AvgIpc) is 2.71. The van der Waals surface area contributed by atoms with Crippen LogP contribution in [0.4, 0.5) is 11.5 Å². The Morgan fingerprint density at radius 3 is 2.56 bits per heavy atom. The number of likely N-dealkylation sites (tertiary alicyclic amines) is 1. The van der Waals surface area contributed by atoms with E-state index in [1.165, 1.54) is 44.6 Å². The third-order valence-corrected chi connectivity index (χ3v) is 4.69. The molecule has 0 aliphatic carbocycles. The molecule has 2 aromatic rings. The standard InChI is InChI=1S/C20H26N4O3/c25-24(26)18-7-10-20(22-16-18)21-15-17-5-8-19(9-6-17)27-14-4-13-23-11-2-1-3-12-23/h5-10,16H,1-4,11-15H2,(H,21,22). The molecule has 0 atom stereocenters. The van der Waals surface area contributed by atoms with Gasteiger partial charge in [0.2, 0.25) is 0 Å². The first-order valence-electron chi connectivity index (χ1n) is 9.49. The molecule has 0 saturated carbocycles. The number of aromatic nitrogens is 1. The van der Waals surface area contributed by atoms with Crippen LogP contribution in [0.5, 0.6) is 5.75 Å². The number of hydrogen-bond acceptors (Lipinski definition) is 6. The largest absolute Gasteiger partial charge is 0.494 e. The average molecular weight is 370 g/mol. The van der Waals surface area contributed by atoms with Gasteiger partial charge in [-0.15, -0.1) is 0 Å². The number of benzene rings is 1. The number of nitro groups is 1. The molecule has 1 aliphatic rings. The van der Waals surface area contributed by atoms with Crippen molar-refractivity contribution in [3.05, 3.63) is 58.3 Å². The maximum Gasteiger partial charge on any atom is 0.287 e. The molecule has 1 fully saturated rings. The molecular weight excluding hydrogens is 344 g/mol. The van der Waals surface area contributed by atoms with Gasteiger partial charge in [0, 0.05) is 19.2 Å². The number of nitrogens with one attached hydrogen (secondary N) is 1. The van der Waals surface area contributed by atoms with Crippen molar-refractivity contribution in [3.63, 3.8) is 0 Å². The molecule has 1 aromatic heterocycles. The Kier molecular flexibility index (Phi) is 6.98. The van der Waals surface area contributed by atoms with E-state index in [2.05, 4.69) is 15.2 Å². The Morgan fingerprint density at radius 1 is 1.11 bits per heavy atom. The second-order valence-electron chi connectivity index (χ2n) is 6.76. The summed E-state index contributed by atoms with van der Waals surface area (Å²) in [5.74, 6) is 1.49. The Balaban J connectivity index is 1.37. The van der Waals surface area contributed by atoms with Crippen molar-refractivity contribution in [2.45, 2.75) is 32.2 Å². The molecule has 2 heterocycles. The first kappa shape index (κ1) is 19.1. The Morgan fingerprint density at radius 2 is 1.89 bits per heavy atom. The van der Waals surface area contributed by atoms with Crippen LogP contribution in [-0.4, -0.2) is 41.0 Å². The van der Waals surface area contributed by atoms with Gasteiger partial charge in [-0.3, -0.25) is 10.1 Å². The lowest BCUT2D eigenvalue weighted by molar-refractivity contribution is -0.385. The van der Waals surface area contributed by atoms with Crippen molar-refractivity contribution in [2.24, 2.45) is 0 Å². The molecule has 0 amide bonds. The first-order chi connectivity index (χ1) is 13.2. The zero-order valence-corrected chi connectivity index (χ0v) is 15.5. The summed E-state index contributed by atoms with van der Waals surface area (Å²) >= 11 is 0. The molecule has 0 unspecified atom stereocenters. The summed E-state index contributed by atoms with van der Waals surface area (Å²) < 4.78 is 5.83. The maximum absolute atomic E-state index is 10.6. The molecule has 0 bridgehead atoms. The van der Waals surface area contributed by atoms with E-state index in [-0.39, 0.29) is 5.69 Å². The van der Waals surface area contributed by atoms with E-state index in [1.54, 1.807) is 6.07 Å². The number of nitrogens with zero attached hydrogens (tertiary/aromatic N) is 3. The number of piperidine rings is 1. The van der Waals surface area contributed by atoms with Gasteiger partial charge in [0.1, 0.15) is 17.8 Å². The van der Waals surface area contributed by atoms with Gasteiger partial charge in [0.05, 0.1) is 11.5 Å². The van der Waals surface area contributed by atoms with Crippen LogP contribution < -0.4 is 10.1 Å². The minimum Gasteiger partial charge on any atom is -0.494 e. The van der Waals surface area contributed by atoms with Crippen LogP contribution in [0.25, 0.3) is 0 Å². The van der Waals surface area contributed by atoms with Crippen molar-refractivity contribution in [2.75, 3.05) is 31.6 Å². The van der Waals surface area contributed by atoms with E-state index in [4.69, 9.17) is 4.74 Å². The van der Waals surface area contributed by atoms with Crippen LogP contribution in [0.1, 0.15) is 31.2 Å². The van der Waals surface area contributed by atoms with E-state index in [0.717, 1.165) is 30.9 Å². The lowest BCUT2D eigenvalue weighted by Crippen LogP contribution is -2.31. The zero-order valence-electron chi connectivity index (χ0n) is 15.5. The monoisotopic (exact) mass is 370 g/mol. The van der Waals surface area contributed by atoms with Gasteiger partial charge in [-0.2, -0.15) is 0 Å². The van der Waals surface area contributed by atoms with Crippen LogP contribution in [0.15, 0.2) is 42.6 Å². The van der Waals surface area contributed by atoms with E-state index >= 15 is 0 Å². The fourth-order valence-corrected chi connectivity index (χ4v) is 3.16. The minimum absolute atomic E-state index is 0.0117. The molecule has 7 nitrogen and oxygen atoms in total. The molecule has 27 heavy (non-hydrogen) atoms. The normalized spacial score (nSPS) is 14.7. The number of ether oxygens (including phenoxy) is 1. The van der Waals surface area contributed by atoms with Gasteiger partial charge in [-0.1, -0.05) is 18.6 Å². The number of rotatable bonds is 9. The SMILES string of the molecule is O=[N+]([O-])c1ccc(NCc2ccc(OCCCN3CCCCC3)cc2)nc1. The molecule has 1 saturated heterocycles. The van der Waals surface area contributed by atoms with E-state index in [1.807, 2.05) is 24.3 Å². The summed E-state index contributed by atoms with van der Waals surface area (Å²) in [6, 6.07) is 11.0. The van der Waals surface area contributed by atoms with Gasteiger partial charge in [-0.25, -0.2) is 4.98 Å². The molecule has 3 rings (SSSR count). The Bertz CT molecular complexity index is 713. The zero-order chi connectivity index (χ0) is 18.9. The lowest BCUT2D eigenvalue weighted by atomic mass is 10.1. The fourth-order valence-electron chi connectivity index (χ4n) is 3.16. The predicted octanol–water partition coefficient (Wildman–Crippen LogP) is 3.86. The topological polar surface area (TPSA) is 80.5 Å². The van der Waals surface area contributed by atoms with E-state index < -0.39 is 4.92 Å². The van der Waals surface area contributed by atoms with Crippen LogP contribution in [0.2, 0.25) is 0 Å². The van der Waals surface area contributed by atoms with Gasteiger partial charge in [0.15, 0.2) is 0 Å². The summed E-state index contributed by atoms with van der Waals surface area (Å²) in [7, 11) is 0. The maximum atomic E-state index is 10.6. The molecule has 0 radical (unpaired) electrons. The third kappa shape index (κ3) is 6.21. The summed E-state index contributed by atoms with van der Waals surface area (Å²) in [5, 5.41) is 13.8. The second kappa shape index (κ2) is 9.87. The molecule has 1 aromatic carbocycles. The Labute approximate surface area is 159 Å². The van der Waals surface area contributed by atoms with Crippen molar-refractivity contribution < 1.29 is 9.66 Å². The Hall–Kier alpha value is -2.67. The van der Waals surface area contributed by atoms with Crippen LogP contribution in [0.3, 0.4) is 0 Å². The first-order valence-corrected chi connectivity index (χ1v) is 9.49. The molecule has 1 aliphatic heterocycles. The van der Waals surface area contributed by atoms with Gasteiger partial charge < -0.3 is 15.0 Å². The van der Waals surface area contributed by atoms with Crippen LogP contribution in [0, 0.1) is 10.1 Å². The molecule has 1 N–H and O–H groups in total. The van der Waals surface area contributed by atoms with Crippen LogP contribution >= 0.6 is 0 Å². The fraction of sp³-hybridized carbons (Fsp3) is 0.450. The number of hydrogen-bond donors (Lipinski definition) is 1. The number of pyridine rings is 1. The smallest absolute Gasteiger partial charge is 0.287 e. The van der Waals surface area contributed by atoms with E-state index in [0.29, 0.717) is 12.4 Å². The quantitative estimate of drug-likeness (QED) is 0.410. The highest BCUT2D eigenvalue weighted by molar-refractivity contribution is 5.41. The summed E-state index contributed by atoms with van der Waals surface area (Å²) in [5.41, 5.74) is 1.08. The van der Waals surface area contributed by atoms with Gasteiger partial charge in [-0.05, 0) is 56.1 Å². The van der Waals surface area contributed by atoms with Crippen molar-refractivity contribution >= 4 is 11.5 Å². The van der Waals surface area contributed by atoms with Gasteiger partial charge in [0.25, 0.3) is 5.69 Å². The summed E-state index contributed by atoms with van der Waals surface area (Å²) in [6.07, 6.45) is 6.32. The summed E-state index contributed by atoms with van der Waals surface area (Å²) in [6.45, 7) is 4.90. The second-order valence-corrected chi connectivity index (χ2v) is 6.76. The van der Waals surface area contributed by atoms with Crippen LogP contribution in [-0.2, 0) is 6.54 Å². The van der Waals surface area contributed by atoms with Crippen molar-refractivity contribution in [1.29, 1.82) is 0 Å². The molecular formula is C20H26N4O3. The third-order valence-electron chi connectivity index (χ3n) is 4.69. The van der Waals surface area contributed by atoms with Crippen molar-refractivity contribution in [1.82, 2.24) is 9.88 Å². The van der Waals surface area contributed by atoms with Crippen molar-refractivity contribution in [3.8, 4) is 5.75 Å². The highest BCUT2D eigenvalue weighted by atomic mass is 16.6. The number of anilines is 1. The molecule has 7 heteroatoms. The highest BCUT2D eigenvalue weighted by Gasteiger charge is 2.09. The summed E-state index contributed by atoms with van der Waals surface area (Å²) in [4.78, 5) is 16.7. The highest BCUT2D eigenvalue weighted by Crippen LogP contribution is 2.16.